The van der Waals surface area contributed by atoms with Gasteiger partial charge < -0.3 is 5.32 Å². The molecular formula is C17H24N2S2. The van der Waals surface area contributed by atoms with Crippen molar-refractivity contribution in [3.8, 4) is 0 Å². The molecule has 2 aromatic rings. The van der Waals surface area contributed by atoms with Crippen molar-refractivity contribution in [2.24, 2.45) is 0 Å². The summed E-state index contributed by atoms with van der Waals surface area (Å²) in [7, 11) is 0. The van der Waals surface area contributed by atoms with Gasteiger partial charge in [0.05, 0.1) is 11.4 Å². The Bertz CT molecular complexity index is 564. The molecule has 0 saturated carbocycles. The van der Waals surface area contributed by atoms with E-state index in [1.165, 1.54) is 26.0 Å². The lowest BCUT2D eigenvalue weighted by atomic mass is 10.2. The monoisotopic (exact) mass is 320 g/mol. The van der Waals surface area contributed by atoms with Gasteiger partial charge in [-0.25, -0.2) is 4.98 Å². The van der Waals surface area contributed by atoms with Gasteiger partial charge in [0, 0.05) is 16.3 Å². The molecule has 1 aromatic heterocycles. The number of nitrogens with zero attached hydrogens (tertiary/aromatic N) is 1. The highest BCUT2D eigenvalue weighted by Gasteiger charge is 2.10. The maximum Gasteiger partial charge on any atom is 0.103 e. The maximum absolute atomic E-state index is 4.85. The fourth-order valence-corrected chi connectivity index (χ4v) is 4.25. The van der Waals surface area contributed by atoms with Gasteiger partial charge in [0.2, 0.25) is 0 Å². The van der Waals surface area contributed by atoms with E-state index in [0.717, 1.165) is 31.7 Å². The molecule has 0 radical (unpaired) electrons. The molecule has 0 unspecified atom stereocenters. The smallest absolute Gasteiger partial charge is 0.103 e. The largest absolute Gasteiger partial charge is 0.312 e. The van der Waals surface area contributed by atoms with Crippen molar-refractivity contribution in [1.29, 1.82) is 0 Å². The fourth-order valence-electron chi connectivity index (χ4n) is 2.16. The van der Waals surface area contributed by atoms with Crippen molar-refractivity contribution >= 4 is 23.1 Å². The summed E-state index contributed by atoms with van der Waals surface area (Å²) in [6, 6.07) is 8.68. The number of thiazole rings is 1. The van der Waals surface area contributed by atoms with Crippen LogP contribution in [0, 0.1) is 6.92 Å². The molecule has 0 aliphatic rings. The van der Waals surface area contributed by atoms with E-state index in [9.17, 15) is 0 Å². The van der Waals surface area contributed by atoms with Gasteiger partial charge in [0.1, 0.15) is 5.01 Å². The molecule has 0 aliphatic heterocycles. The summed E-state index contributed by atoms with van der Waals surface area (Å²) < 4.78 is 0. The van der Waals surface area contributed by atoms with Crippen LogP contribution in [0.25, 0.3) is 0 Å². The van der Waals surface area contributed by atoms with Crippen LogP contribution in [0.2, 0.25) is 0 Å². The third-order valence-corrected chi connectivity index (χ3v) is 5.48. The van der Waals surface area contributed by atoms with Crippen molar-refractivity contribution in [2.45, 2.75) is 50.8 Å². The van der Waals surface area contributed by atoms with Gasteiger partial charge in [0.25, 0.3) is 0 Å². The zero-order chi connectivity index (χ0) is 15.1. The van der Waals surface area contributed by atoms with E-state index >= 15 is 0 Å². The van der Waals surface area contributed by atoms with Crippen LogP contribution in [0.15, 0.2) is 29.2 Å². The van der Waals surface area contributed by atoms with E-state index < -0.39 is 0 Å². The first kappa shape index (κ1) is 16.5. The molecular weight excluding hydrogens is 296 g/mol. The molecule has 114 valence electrons. The van der Waals surface area contributed by atoms with Crippen LogP contribution in [0.5, 0.6) is 0 Å². The molecule has 2 nitrogen and oxygen atoms in total. The molecule has 0 bridgehead atoms. The van der Waals surface area contributed by atoms with Gasteiger partial charge in [-0.3, -0.25) is 0 Å². The summed E-state index contributed by atoms with van der Waals surface area (Å²) in [6.45, 7) is 8.48. The number of hydrogen-bond acceptors (Lipinski definition) is 4. The van der Waals surface area contributed by atoms with Gasteiger partial charge >= 0.3 is 0 Å². The van der Waals surface area contributed by atoms with Gasteiger partial charge in [-0.15, -0.1) is 23.1 Å². The number of rotatable bonds is 8. The van der Waals surface area contributed by atoms with E-state index in [1.807, 2.05) is 23.1 Å². The summed E-state index contributed by atoms with van der Waals surface area (Å²) in [4.78, 5) is 7.59. The van der Waals surface area contributed by atoms with Gasteiger partial charge in [-0.1, -0.05) is 38.0 Å². The Hall–Kier alpha value is -0.840. The Labute approximate surface area is 136 Å². The molecule has 0 fully saturated rings. The predicted molar refractivity (Wildman–Crippen MR) is 94.2 cm³/mol. The molecule has 2 rings (SSSR count). The molecule has 0 amide bonds. The van der Waals surface area contributed by atoms with Crippen LogP contribution >= 0.6 is 23.1 Å². The molecule has 21 heavy (non-hydrogen) atoms. The zero-order valence-corrected chi connectivity index (χ0v) is 14.7. The van der Waals surface area contributed by atoms with Crippen molar-refractivity contribution in [2.75, 3.05) is 6.54 Å². The summed E-state index contributed by atoms with van der Waals surface area (Å²) >= 11 is 3.75. The molecule has 0 aliphatic carbocycles. The second-order valence-electron chi connectivity index (χ2n) is 5.11. The predicted octanol–water partition coefficient (Wildman–Crippen LogP) is 4.81. The lowest BCUT2D eigenvalue weighted by molar-refractivity contribution is 0.723. The molecule has 0 saturated heterocycles. The minimum Gasteiger partial charge on any atom is -0.312 e. The normalized spacial score (nSPS) is 11.0. The van der Waals surface area contributed by atoms with E-state index in [0.29, 0.717) is 0 Å². The molecule has 1 heterocycles. The SMILES string of the molecule is CCCc1nc(CSc2cccc(C)c2)sc1CNCC. The number of nitrogens with one attached hydrogen (secondary N) is 1. The average Bonchev–Trinajstić information content (AvgIpc) is 2.86. The quantitative estimate of drug-likeness (QED) is 0.707. The molecule has 1 aromatic carbocycles. The standard InChI is InChI=1S/C17H24N2S2/c1-4-7-15-16(11-18-5-2)21-17(19-15)12-20-14-9-6-8-13(3)10-14/h6,8-10,18H,4-5,7,11-12H2,1-3H3. The third-order valence-electron chi connectivity index (χ3n) is 3.20. The number of aryl methyl sites for hydroxylation is 2. The Morgan fingerprint density at radius 1 is 1.29 bits per heavy atom. The molecule has 0 spiro atoms. The average molecular weight is 321 g/mol. The van der Waals surface area contributed by atoms with Gasteiger partial charge in [-0.2, -0.15) is 0 Å². The lowest BCUT2D eigenvalue weighted by Gasteiger charge is -2.00. The Balaban J connectivity index is 2.02. The first-order chi connectivity index (χ1) is 10.2. The van der Waals surface area contributed by atoms with Crippen molar-refractivity contribution < 1.29 is 0 Å². The van der Waals surface area contributed by atoms with Crippen LogP contribution in [0.4, 0.5) is 0 Å². The first-order valence-electron chi connectivity index (χ1n) is 7.60. The van der Waals surface area contributed by atoms with Crippen LogP contribution in [-0.4, -0.2) is 11.5 Å². The zero-order valence-electron chi connectivity index (χ0n) is 13.1. The van der Waals surface area contributed by atoms with E-state index in [2.05, 4.69) is 50.4 Å². The third kappa shape index (κ3) is 5.13. The summed E-state index contributed by atoms with van der Waals surface area (Å²) in [5.41, 5.74) is 2.61. The number of aromatic nitrogens is 1. The van der Waals surface area contributed by atoms with E-state index in [1.54, 1.807) is 0 Å². The number of benzene rings is 1. The van der Waals surface area contributed by atoms with Crippen molar-refractivity contribution in [3.05, 3.63) is 45.4 Å². The highest BCUT2D eigenvalue weighted by Crippen LogP contribution is 2.28. The highest BCUT2D eigenvalue weighted by atomic mass is 32.2. The molecule has 4 heteroatoms. The highest BCUT2D eigenvalue weighted by molar-refractivity contribution is 7.98. The Kier molecular flexibility index (Phi) is 6.74. The van der Waals surface area contributed by atoms with Crippen LogP contribution in [0.3, 0.4) is 0 Å². The Morgan fingerprint density at radius 2 is 2.14 bits per heavy atom. The fraction of sp³-hybridized carbons (Fsp3) is 0.471. The molecule has 0 atom stereocenters. The van der Waals surface area contributed by atoms with Crippen LogP contribution < -0.4 is 5.32 Å². The Morgan fingerprint density at radius 3 is 2.86 bits per heavy atom. The minimum absolute atomic E-state index is 0.957. The van der Waals surface area contributed by atoms with Gasteiger partial charge in [-0.05, 0) is 32.0 Å². The first-order valence-corrected chi connectivity index (χ1v) is 9.40. The lowest BCUT2D eigenvalue weighted by Crippen LogP contribution is -2.11. The van der Waals surface area contributed by atoms with E-state index in [4.69, 9.17) is 4.98 Å². The summed E-state index contributed by atoms with van der Waals surface area (Å²) in [5.74, 6) is 0.969. The number of hydrogen-bond donors (Lipinski definition) is 1. The second-order valence-corrected chi connectivity index (χ2v) is 7.33. The summed E-state index contributed by atoms with van der Waals surface area (Å²) in [5, 5.41) is 4.67. The second kappa shape index (κ2) is 8.57. The maximum atomic E-state index is 4.85. The van der Waals surface area contributed by atoms with Crippen molar-refractivity contribution in [3.63, 3.8) is 0 Å². The minimum atomic E-state index is 0.957. The molecule has 1 N–H and O–H groups in total. The van der Waals surface area contributed by atoms with E-state index in [-0.39, 0.29) is 0 Å². The van der Waals surface area contributed by atoms with Crippen molar-refractivity contribution in [1.82, 2.24) is 10.3 Å². The number of thioether (sulfide) groups is 1. The van der Waals surface area contributed by atoms with Gasteiger partial charge in [0.15, 0.2) is 0 Å². The van der Waals surface area contributed by atoms with Crippen LogP contribution in [0.1, 0.15) is 41.4 Å². The van der Waals surface area contributed by atoms with Crippen LogP contribution in [-0.2, 0) is 18.7 Å². The topological polar surface area (TPSA) is 24.9 Å². The summed E-state index contributed by atoms with van der Waals surface area (Å²) in [6.07, 6.45) is 2.25.